The lowest BCUT2D eigenvalue weighted by atomic mass is 9.88. The molecule has 132 valence electrons. The Morgan fingerprint density at radius 3 is 2.58 bits per heavy atom. The first kappa shape index (κ1) is 17.5. The number of nitrogens with one attached hydrogen (secondary N) is 1. The Balaban J connectivity index is 1.97. The number of H-pyrrole nitrogens is 1. The number of carbonyl (C=O) groups is 1. The number of ketones is 1. The largest absolute Gasteiger partial charge is 0.497 e. The van der Waals surface area contributed by atoms with Gasteiger partial charge >= 0.3 is 0 Å². The molecule has 1 atom stereocenters. The molecule has 0 fully saturated rings. The van der Waals surface area contributed by atoms with E-state index in [4.69, 9.17) is 4.74 Å². The van der Waals surface area contributed by atoms with Crippen molar-refractivity contribution in [3.8, 4) is 5.75 Å². The third-order valence-electron chi connectivity index (χ3n) is 4.13. The van der Waals surface area contributed by atoms with E-state index >= 15 is 0 Å². The van der Waals surface area contributed by atoms with Crippen LogP contribution in [0.2, 0.25) is 0 Å². The minimum absolute atomic E-state index is 0.0201. The summed E-state index contributed by atoms with van der Waals surface area (Å²) in [6.07, 6.45) is 2.89. The molecule has 0 unspecified atom stereocenters. The molecule has 0 saturated heterocycles. The van der Waals surface area contributed by atoms with E-state index in [9.17, 15) is 14.0 Å². The smallest absolute Gasteiger partial charge is 0.247 e. The monoisotopic (exact) mass is 352 g/mol. The van der Waals surface area contributed by atoms with Crippen molar-refractivity contribution in [3.63, 3.8) is 0 Å². The summed E-state index contributed by atoms with van der Waals surface area (Å²) in [6.45, 7) is 0. The molecule has 0 amide bonds. The highest BCUT2D eigenvalue weighted by Gasteiger charge is 2.23. The summed E-state index contributed by atoms with van der Waals surface area (Å²) in [7, 11) is 1.56. The number of hydrogen-bond donors (Lipinski definition) is 1. The van der Waals surface area contributed by atoms with Crippen molar-refractivity contribution >= 4 is 5.78 Å². The molecule has 0 aliphatic heterocycles. The predicted molar refractivity (Wildman–Crippen MR) is 95.0 cm³/mol. The SMILES string of the molecule is COc1ccc([C@H](CC(=O)c2ccc(=O)[nH]c2)c2ncccc2F)cc1. The van der Waals surface area contributed by atoms with Gasteiger partial charge in [-0.15, -0.1) is 0 Å². The summed E-state index contributed by atoms with van der Waals surface area (Å²) in [6, 6.07) is 12.7. The second-order valence-electron chi connectivity index (χ2n) is 5.77. The van der Waals surface area contributed by atoms with Crippen LogP contribution in [-0.4, -0.2) is 22.9 Å². The molecule has 0 bridgehead atoms. The third kappa shape index (κ3) is 3.85. The van der Waals surface area contributed by atoms with Gasteiger partial charge < -0.3 is 9.72 Å². The van der Waals surface area contributed by atoms with E-state index in [0.717, 1.165) is 5.56 Å². The summed E-state index contributed by atoms with van der Waals surface area (Å²) in [5.74, 6) is -0.572. The number of ether oxygens (including phenoxy) is 1. The van der Waals surface area contributed by atoms with Crippen LogP contribution in [0.1, 0.15) is 34.0 Å². The quantitative estimate of drug-likeness (QED) is 0.691. The summed E-state index contributed by atoms with van der Waals surface area (Å²) in [5.41, 5.74) is 1.03. The summed E-state index contributed by atoms with van der Waals surface area (Å²) >= 11 is 0. The molecule has 3 aromatic rings. The molecule has 0 spiro atoms. The van der Waals surface area contributed by atoms with Gasteiger partial charge in [0.2, 0.25) is 5.56 Å². The molecule has 1 aromatic carbocycles. The lowest BCUT2D eigenvalue weighted by Crippen LogP contribution is -2.13. The van der Waals surface area contributed by atoms with Crippen LogP contribution in [0.3, 0.4) is 0 Å². The maximum Gasteiger partial charge on any atom is 0.247 e. The average molecular weight is 352 g/mol. The first-order valence-electron chi connectivity index (χ1n) is 8.05. The molecule has 26 heavy (non-hydrogen) atoms. The first-order valence-corrected chi connectivity index (χ1v) is 8.05. The number of Topliss-reactive ketones (excluding diaryl/α,β-unsaturated/α-hetero) is 1. The summed E-state index contributed by atoms with van der Waals surface area (Å²) < 4.78 is 19.5. The van der Waals surface area contributed by atoms with Crippen LogP contribution in [-0.2, 0) is 0 Å². The van der Waals surface area contributed by atoms with Crippen LogP contribution in [0.25, 0.3) is 0 Å². The second-order valence-corrected chi connectivity index (χ2v) is 5.77. The van der Waals surface area contributed by atoms with Crippen LogP contribution in [0, 0.1) is 5.82 Å². The van der Waals surface area contributed by atoms with Gasteiger partial charge in [0.15, 0.2) is 5.78 Å². The van der Waals surface area contributed by atoms with Gasteiger partial charge in [0.1, 0.15) is 11.6 Å². The van der Waals surface area contributed by atoms with Crippen LogP contribution in [0.15, 0.2) is 65.7 Å². The van der Waals surface area contributed by atoms with E-state index in [1.54, 1.807) is 31.4 Å². The van der Waals surface area contributed by atoms with Gasteiger partial charge in [-0.1, -0.05) is 12.1 Å². The molecule has 3 rings (SSSR count). The van der Waals surface area contributed by atoms with Gasteiger partial charge in [-0.05, 0) is 35.9 Å². The van der Waals surface area contributed by atoms with Crippen molar-refractivity contribution in [2.75, 3.05) is 7.11 Å². The van der Waals surface area contributed by atoms with Crippen molar-refractivity contribution < 1.29 is 13.9 Å². The van der Waals surface area contributed by atoms with Crippen LogP contribution >= 0.6 is 0 Å². The molecule has 6 heteroatoms. The minimum atomic E-state index is -0.554. The number of hydrogen-bond acceptors (Lipinski definition) is 4. The number of halogens is 1. The van der Waals surface area contributed by atoms with Crippen LogP contribution < -0.4 is 10.3 Å². The molecule has 0 aliphatic carbocycles. The average Bonchev–Trinajstić information content (AvgIpc) is 2.67. The number of aromatic nitrogens is 2. The molecule has 2 heterocycles. The van der Waals surface area contributed by atoms with Gasteiger partial charge in [-0.3, -0.25) is 14.6 Å². The molecule has 0 saturated carbocycles. The van der Waals surface area contributed by atoms with Gasteiger partial charge in [0, 0.05) is 36.4 Å². The van der Waals surface area contributed by atoms with E-state index in [1.807, 2.05) is 0 Å². The Bertz CT molecular complexity index is 947. The van der Waals surface area contributed by atoms with Gasteiger partial charge in [0.05, 0.1) is 12.8 Å². The highest BCUT2D eigenvalue weighted by Crippen LogP contribution is 2.30. The zero-order chi connectivity index (χ0) is 18.5. The van der Waals surface area contributed by atoms with E-state index in [2.05, 4.69) is 9.97 Å². The highest BCUT2D eigenvalue weighted by molar-refractivity contribution is 5.96. The summed E-state index contributed by atoms with van der Waals surface area (Å²) in [4.78, 5) is 30.4. The molecular formula is C20H17FN2O3. The van der Waals surface area contributed by atoms with Crippen molar-refractivity contribution in [2.45, 2.75) is 12.3 Å². The molecule has 2 aromatic heterocycles. The number of pyridine rings is 2. The van der Waals surface area contributed by atoms with Gasteiger partial charge in [0.25, 0.3) is 0 Å². The molecule has 5 nitrogen and oxygen atoms in total. The van der Waals surface area contributed by atoms with E-state index in [0.29, 0.717) is 11.3 Å². The topological polar surface area (TPSA) is 72.1 Å². The lowest BCUT2D eigenvalue weighted by Gasteiger charge is -2.17. The Hall–Kier alpha value is -3.28. The normalized spacial score (nSPS) is 11.8. The minimum Gasteiger partial charge on any atom is -0.497 e. The van der Waals surface area contributed by atoms with E-state index in [1.165, 1.54) is 36.7 Å². The third-order valence-corrected chi connectivity index (χ3v) is 4.13. The van der Waals surface area contributed by atoms with Crippen molar-refractivity contribution in [1.82, 2.24) is 9.97 Å². The lowest BCUT2D eigenvalue weighted by molar-refractivity contribution is 0.0976. The van der Waals surface area contributed by atoms with Crippen molar-refractivity contribution in [2.24, 2.45) is 0 Å². The molecule has 0 radical (unpaired) electrons. The summed E-state index contributed by atoms with van der Waals surface area (Å²) in [5, 5.41) is 0. The first-order chi connectivity index (χ1) is 12.6. The fourth-order valence-corrected chi connectivity index (χ4v) is 2.75. The van der Waals surface area contributed by atoms with Gasteiger partial charge in [-0.25, -0.2) is 4.39 Å². The Labute approximate surface area is 149 Å². The Morgan fingerprint density at radius 1 is 1.19 bits per heavy atom. The number of aromatic amines is 1. The number of methoxy groups -OCH3 is 1. The number of rotatable bonds is 6. The highest BCUT2D eigenvalue weighted by atomic mass is 19.1. The van der Waals surface area contributed by atoms with Crippen molar-refractivity contribution in [3.05, 3.63) is 93.9 Å². The second kappa shape index (κ2) is 7.74. The Morgan fingerprint density at radius 2 is 1.96 bits per heavy atom. The van der Waals surface area contributed by atoms with Gasteiger partial charge in [-0.2, -0.15) is 0 Å². The van der Waals surface area contributed by atoms with Crippen molar-refractivity contribution in [1.29, 1.82) is 0 Å². The van der Waals surface area contributed by atoms with E-state index in [-0.39, 0.29) is 23.5 Å². The standard InChI is InChI=1S/C20H17FN2O3/c1-26-15-7-4-13(5-8-15)16(20-17(21)3-2-10-22-20)11-18(24)14-6-9-19(25)23-12-14/h2-10,12,16H,11H2,1H3,(H,23,25)/t16-/m0/s1. The predicted octanol–water partition coefficient (Wildman–Crippen LogP) is 3.32. The maximum atomic E-state index is 14.3. The number of benzene rings is 1. The molecule has 0 aliphatic rings. The fraction of sp³-hybridized carbons (Fsp3) is 0.150. The van der Waals surface area contributed by atoms with Crippen LogP contribution in [0.5, 0.6) is 5.75 Å². The zero-order valence-electron chi connectivity index (χ0n) is 14.1. The fourth-order valence-electron chi connectivity index (χ4n) is 2.75. The molecular weight excluding hydrogens is 335 g/mol. The maximum absolute atomic E-state index is 14.3. The van der Waals surface area contributed by atoms with Crippen LogP contribution in [0.4, 0.5) is 4.39 Å². The number of carbonyl (C=O) groups excluding carboxylic acids is 1. The van der Waals surface area contributed by atoms with E-state index < -0.39 is 11.7 Å². The zero-order valence-corrected chi connectivity index (χ0v) is 14.1. The Kier molecular flexibility index (Phi) is 5.22. The number of nitrogens with zero attached hydrogens (tertiary/aromatic N) is 1. The molecule has 1 N–H and O–H groups in total.